The molecule has 2 N–H and O–H groups in total. The van der Waals surface area contributed by atoms with Gasteiger partial charge in [-0.05, 0) is 24.0 Å². The van der Waals surface area contributed by atoms with Gasteiger partial charge in [-0.2, -0.15) is 0 Å². The molecule has 0 heterocycles. The maximum Gasteiger partial charge on any atom is 0.0226 e. The molecular weight excluding hydrogens is 170 g/mol. The molecule has 0 saturated carbocycles. The third kappa shape index (κ3) is 2.84. The predicted octanol–water partition coefficient (Wildman–Crippen LogP) is 2.32. The van der Waals surface area contributed by atoms with E-state index in [-0.39, 0.29) is 0 Å². The summed E-state index contributed by atoms with van der Waals surface area (Å²) in [4.78, 5) is 0. The number of halogens is 1. The van der Waals surface area contributed by atoms with Crippen LogP contribution in [-0.2, 0) is 13.0 Å². The normalized spacial score (nSPS) is 10.2. The summed E-state index contributed by atoms with van der Waals surface area (Å²) in [7, 11) is 0. The van der Waals surface area contributed by atoms with Gasteiger partial charge in [0.15, 0.2) is 0 Å². The molecule has 0 saturated heterocycles. The summed E-state index contributed by atoms with van der Waals surface area (Å²) in [6.07, 6.45) is 2.11. The topological polar surface area (TPSA) is 26.0 Å². The average Bonchev–Trinajstić information content (AvgIpc) is 2.15. The van der Waals surface area contributed by atoms with E-state index in [1.807, 2.05) is 0 Å². The van der Waals surface area contributed by atoms with Gasteiger partial charge in [0.25, 0.3) is 0 Å². The van der Waals surface area contributed by atoms with Crippen molar-refractivity contribution in [1.29, 1.82) is 0 Å². The van der Waals surface area contributed by atoms with Crippen molar-refractivity contribution in [3.8, 4) is 0 Å². The van der Waals surface area contributed by atoms with Gasteiger partial charge in [0.2, 0.25) is 0 Å². The standard InChI is InChI=1S/C10H14ClN/c11-7-1-2-9-3-5-10(8-12)6-4-9/h3-6H,1-2,7-8,12H2. The van der Waals surface area contributed by atoms with E-state index in [9.17, 15) is 0 Å². The van der Waals surface area contributed by atoms with Gasteiger partial charge in [0.1, 0.15) is 0 Å². The first-order chi connectivity index (χ1) is 5.86. The van der Waals surface area contributed by atoms with Gasteiger partial charge in [-0.3, -0.25) is 0 Å². The molecule has 1 aromatic rings. The number of hydrogen-bond donors (Lipinski definition) is 1. The maximum atomic E-state index is 5.59. The summed E-state index contributed by atoms with van der Waals surface area (Å²) in [5, 5.41) is 0. The van der Waals surface area contributed by atoms with Crippen molar-refractivity contribution < 1.29 is 0 Å². The molecule has 0 unspecified atom stereocenters. The lowest BCUT2D eigenvalue weighted by molar-refractivity contribution is 0.926. The van der Waals surface area contributed by atoms with Crippen LogP contribution in [-0.4, -0.2) is 5.88 Å². The van der Waals surface area contributed by atoms with Crippen molar-refractivity contribution in [3.05, 3.63) is 35.4 Å². The second kappa shape index (κ2) is 5.18. The van der Waals surface area contributed by atoms with Crippen molar-refractivity contribution in [2.75, 3.05) is 5.88 Å². The lowest BCUT2D eigenvalue weighted by Gasteiger charge is -2.00. The van der Waals surface area contributed by atoms with Gasteiger partial charge in [0, 0.05) is 12.4 Å². The summed E-state index contributed by atoms with van der Waals surface area (Å²) in [5.74, 6) is 0.735. The van der Waals surface area contributed by atoms with Crippen LogP contribution in [0.5, 0.6) is 0 Å². The smallest absolute Gasteiger partial charge is 0.0226 e. The molecule has 0 bridgehead atoms. The van der Waals surface area contributed by atoms with Crippen LogP contribution in [0.25, 0.3) is 0 Å². The number of benzene rings is 1. The predicted molar refractivity (Wildman–Crippen MR) is 53.4 cm³/mol. The molecule has 1 aromatic carbocycles. The van der Waals surface area contributed by atoms with Gasteiger partial charge in [0.05, 0.1) is 0 Å². The van der Waals surface area contributed by atoms with E-state index in [0.717, 1.165) is 18.7 Å². The zero-order chi connectivity index (χ0) is 8.81. The van der Waals surface area contributed by atoms with E-state index in [1.54, 1.807) is 0 Å². The molecule has 0 fully saturated rings. The van der Waals surface area contributed by atoms with Crippen LogP contribution < -0.4 is 5.73 Å². The molecule has 2 heteroatoms. The molecule has 0 aromatic heterocycles. The Kier molecular flexibility index (Phi) is 4.12. The molecule has 0 aliphatic heterocycles. The van der Waals surface area contributed by atoms with Crippen LogP contribution in [0.2, 0.25) is 0 Å². The lowest BCUT2D eigenvalue weighted by atomic mass is 10.1. The number of hydrogen-bond acceptors (Lipinski definition) is 1. The van der Waals surface area contributed by atoms with E-state index in [4.69, 9.17) is 17.3 Å². The van der Waals surface area contributed by atoms with Gasteiger partial charge in [-0.25, -0.2) is 0 Å². The van der Waals surface area contributed by atoms with Crippen molar-refractivity contribution in [2.24, 2.45) is 5.73 Å². The third-order valence-electron chi connectivity index (χ3n) is 1.86. The molecule has 1 rings (SSSR count). The van der Waals surface area contributed by atoms with Gasteiger partial charge in [-0.1, -0.05) is 24.3 Å². The summed E-state index contributed by atoms with van der Waals surface area (Å²) < 4.78 is 0. The number of aryl methyl sites for hydroxylation is 1. The highest BCUT2D eigenvalue weighted by molar-refractivity contribution is 6.17. The monoisotopic (exact) mass is 183 g/mol. The van der Waals surface area contributed by atoms with E-state index < -0.39 is 0 Å². The summed E-state index contributed by atoms with van der Waals surface area (Å²) >= 11 is 5.59. The fourth-order valence-corrected chi connectivity index (χ4v) is 1.25. The van der Waals surface area contributed by atoms with Crippen LogP contribution in [0.15, 0.2) is 24.3 Å². The van der Waals surface area contributed by atoms with Crippen molar-refractivity contribution in [1.82, 2.24) is 0 Å². The molecule has 0 aliphatic carbocycles. The van der Waals surface area contributed by atoms with Crippen molar-refractivity contribution in [3.63, 3.8) is 0 Å². The summed E-state index contributed by atoms with van der Waals surface area (Å²) in [6.45, 7) is 0.621. The van der Waals surface area contributed by atoms with E-state index >= 15 is 0 Å². The fourth-order valence-electron chi connectivity index (χ4n) is 1.11. The first-order valence-corrected chi connectivity index (χ1v) is 4.74. The first kappa shape index (κ1) is 9.56. The SMILES string of the molecule is NCc1ccc(CCCCl)cc1. The largest absolute Gasteiger partial charge is 0.326 e. The van der Waals surface area contributed by atoms with Crippen LogP contribution in [0.3, 0.4) is 0 Å². The second-order valence-corrected chi connectivity index (χ2v) is 3.19. The number of nitrogens with two attached hydrogens (primary N) is 1. The molecule has 0 radical (unpaired) electrons. The first-order valence-electron chi connectivity index (χ1n) is 4.20. The van der Waals surface area contributed by atoms with Crippen LogP contribution in [0, 0.1) is 0 Å². The van der Waals surface area contributed by atoms with Crippen LogP contribution >= 0.6 is 11.6 Å². The molecule has 0 aliphatic rings. The quantitative estimate of drug-likeness (QED) is 0.713. The summed E-state index contributed by atoms with van der Waals surface area (Å²) in [5.41, 5.74) is 8.00. The minimum Gasteiger partial charge on any atom is -0.326 e. The second-order valence-electron chi connectivity index (χ2n) is 2.81. The van der Waals surface area contributed by atoms with Gasteiger partial charge < -0.3 is 5.73 Å². The zero-order valence-electron chi connectivity index (χ0n) is 7.09. The molecule has 0 spiro atoms. The molecular formula is C10H14ClN. The zero-order valence-corrected chi connectivity index (χ0v) is 7.85. The van der Waals surface area contributed by atoms with Crippen LogP contribution in [0.4, 0.5) is 0 Å². The maximum absolute atomic E-state index is 5.59. The van der Waals surface area contributed by atoms with Crippen molar-refractivity contribution in [2.45, 2.75) is 19.4 Å². The molecule has 0 atom stereocenters. The summed E-state index contributed by atoms with van der Waals surface area (Å²) in [6, 6.07) is 8.39. The van der Waals surface area contributed by atoms with Crippen molar-refractivity contribution >= 4 is 11.6 Å². The Bertz CT molecular complexity index is 218. The molecule has 0 amide bonds. The fraction of sp³-hybridized carbons (Fsp3) is 0.400. The Morgan fingerprint density at radius 1 is 1.08 bits per heavy atom. The molecule has 12 heavy (non-hydrogen) atoms. The highest BCUT2D eigenvalue weighted by atomic mass is 35.5. The van der Waals surface area contributed by atoms with Gasteiger partial charge >= 0.3 is 0 Å². The highest BCUT2D eigenvalue weighted by Gasteiger charge is 1.92. The Labute approximate surface area is 78.5 Å². The lowest BCUT2D eigenvalue weighted by Crippen LogP contribution is -1.96. The molecule has 1 nitrogen and oxygen atoms in total. The van der Waals surface area contributed by atoms with Crippen LogP contribution in [0.1, 0.15) is 17.5 Å². The number of rotatable bonds is 4. The Balaban J connectivity index is 2.53. The van der Waals surface area contributed by atoms with E-state index in [2.05, 4.69) is 24.3 Å². The molecule has 66 valence electrons. The average molecular weight is 184 g/mol. The van der Waals surface area contributed by atoms with E-state index in [1.165, 1.54) is 11.1 Å². The Hall–Kier alpha value is -0.530. The minimum absolute atomic E-state index is 0.621. The van der Waals surface area contributed by atoms with E-state index in [0.29, 0.717) is 6.54 Å². The Morgan fingerprint density at radius 3 is 2.17 bits per heavy atom. The highest BCUT2D eigenvalue weighted by Crippen LogP contribution is 2.06. The Morgan fingerprint density at radius 2 is 1.67 bits per heavy atom. The van der Waals surface area contributed by atoms with Gasteiger partial charge in [-0.15, -0.1) is 11.6 Å². The third-order valence-corrected chi connectivity index (χ3v) is 2.13. The number of alkyl halides is 1. The minimum atomic E-state index is 0.621.